The first-order valence-corrected chi connectivity index (χ1v) is 33.8. The quantitative estimate of drug-likeness (QED) is 0.0532. The Hall–Kier alpha value is -1.39. The van der Waals surface area contributed by atoms with Crippen molar-refractivity contribution >= 4 is 11.5 Å². The number of hydrogen-bond donors (Lipinski definition) is 2. The maximum atomic E-state index is 11.1. The number of carbonyl (C=O) groups excluding carboxylic acids is 1. The summed E-state index contributed by atoms with van der Waals surface area (Å²) in [7, 11) is 0. The molecule has 0 aliphatic carbocycles. The molecule has 78 heavy (non-hydrogen) atoms. The average molecular weight is 1100 g/mol. The number of ether oxygens (including phenoxy) is 1. The smallest absolute Gasteiger partial charge is 0.135 e. The zero-order chi connectivity index (χ0) is 61.9. The van der Waals surface area contributed by atoms with Gasteiger partial charge in [0, 0.05) is 30.7 Å². The molecule has 472 valence electrons. The highest BCUT2D eigenvalue weighted by Crippen LogP contribution is 2.20. The first-order valence-electron chi connectivity index (χ1n) is 33.8. The predicted molar refractivity (Wildman–Crippen MR) is 362 cm³/mol. The minimum absolute atomic E-state index is 0.224. The van der Waals surface area contributed by atoms with Crippen LogP contribution < -0.4 is 11.5 Å². The van der Waals surface area contributed by atoms with E-state index >= 15 is 0 Å². The Balaban J connectivity index is -0.000000195. The van der Waals surface area contributed by atoms with Crippen LogP contribution in [0.4, 0.5) is 5.69 Å². The predicted octanol–water partition coefficient (Wildman–Crippen LogP) is 24.2. The van der Waals surface area contributed by atoms with Crippen LogP contribution in [-0.2, 0) is 22.4 Å². The molecule has 0 aromatic heterocycles. The van der Waals surface area contributed by atoms with Crippen molar-refractivity contribution < 1.29 is 9.53 Å². The van der Waals surface area contributed by atoms with E-state index in [1.165, 1.54) is 107 Å². The largest absolute Gasteiger partial charge is 0.399 e. The summed E-state index contributed by atoms with van der Waals surface area (Å²) < 4.78 is 5.61. The molecule has 0 saturated carbocycles. The van der Waals surface area contributed by atoms with Gasteiger partial charge in [-0.1, -0.05) is 290 Å². The Morgan fingerprint density at radius 3 is 0.923 bits per heavy atom. The Morgan fingerprint density at radius 1 is 0.385 bits per heavy atom. The first kappa shape index (κ1) is 87.8. The summed E-state index contributed by atoms with van der Waals surface area (Å²) in [5.41, 5.74) is 15.4. The van der Waals surface area contributed by atoms with Gasteiger partial charge in [-0.25, -0.2) is 0 Å². The monoisotopic (exact) mass is 1100 g/mol. The van der Waals surface area contributed by atoms with Crippen LogP contribution in [0.5, 0.6) is 0 Å². The highest BCUT2D eigenvalue weighted by molar-refractivity contribution is 5.80. The normalized spacial score (nSPS) is 11.9. The molecule has 1 aromatic rings. The molecule has 0 aliphatic heterocycles. The summed E-state index contributed by atoms with van der Waals surface area (Å²) in [6.45, 7) is 65.7. The minimum Gasteiger partial charge on any atom is -0.399 e. The van der Waals surface area contributed by atoms with Gasteiger partial charge in [0.1, 0.15) is 5.78 Å². The van der Waals surface area contributed by atoms with Gasteiger partial charge in [-0.05, 0) is 146 Å². The topological polar surface area (TPSA) is 78.3 Å². The lowest BCUT2D eigenvalue weighted by Gasteiger charge is -2.22. The number of hydrogen-bond acceptors (Lipinski definition) is 4. The third-order valence-electron chi connectivity index (χ3n) is 13.3. The Kier molecular flexibility index (Phi) is 66.2. The molecule has 1 atom stereocenters. The lowest BCUT2D eigenvalue weighted by molar-refractivity contribution is -0.122. The number of ketones is 1. The highest BCUT2D eigenvalue weighted by atomic mass is 16.5. The average Bonchev–Trinajstić information content (AvgIpc) is 3.25. The van der Waals surface area contributed by atoms with Gasteiger partial charge in [-0.15, -0.1) is 0 Å². The number of unbranched alkanes of at least 4 members (excludes halogenated alkanes) is 4. The summed E-state index contributed by atoms with van der Waals surface area (Å²) in [4.78, 5) is 11.1. The van der Waals surface area contributed by atoms with Gasteiger partial charge in [0.05, 0.1) is 6.10 Å². The maximum Gasteiger partial charge on any atom is 0.135 e. The number of carbonyl (C=O) groups is 1. The molecule has 0 radical (unpaired) electrons. The zero-order valence-electron chi connectivity index (χ0n) is 59.5. The lowest BCUT2D eigenvalue weighted by Crippen LogP contribution is -2.23. The van der Waals surface area contributed by atoms with E-state index in [0.29, 0.717) is 35.7 Å². The standard InChI is InChI=1S/C14H23N.2C11H24.C10H20O.C10H22O.C9H21N.C9H20/c1-10(2)5-12-7-13(6-11(3)4)9-14(15)8-12;2*1-10(2)8-6-5-7-9-11(3)4;1-8(2)6-5-7-10(11)9(3)4;1-6-11-10(9(4)5)7-8(2)3;1-7(2)5-9(10)6-8(3)4;1-8(2)6-5-7-9(3)4/h7-11H,5-6,15H2,1-4H3;2*10-11H,5-9H2,1-4H3;8-9H,5-7H2,1-4H3;8-10H,6-7H2,1-5H3;7-9H,5-6,10H2,1-4H3;8-9H,5-7H2,1-4H3. The molecule has 0 aliphatic rings. The van der Waals surface area contributed by atoms with Gasteiger partial charge >= 0.3 is 0 Å². The van der Waals surface area contributed by atoms with Crippen LogP contribution in [0.15, 0.2) is 18.2 Å². The number of anilines is 1. The number of benzene rings is 1. The number of Topliss-reactive ketones (excluding diaryl/α,β-unsaturated/α-hetero) is 1. The molecule has 0 fully saturated rings. The van der Waals surface area contributed by atoms with E-state index < -0.39 is 0 Å². The van der Waals surface area contributed by atoms with Gasteiger partial charge in [-0.2, -0.15) is 0 Å². The fourth-order valence-electron chi connectivity index (χ4n) is 8.96. The van der Waals surface area contributed by atoms with E-state index in [4.69, 9.17) is 16.2 Å². The van der Waals surface area contributed by atoms with Crippen LogP contribution in [0.2, 0.25) is 0 Å². The van der Waals surface area contributed by atoms with Gasteiger partial charge in [0.2, 0.25) is 0 Å². The number of nitrogens with two attached hydrogens (primary N) is 2. The Morgan fingerprint density at radius 2 is 0.679 bits per heavy atom. The molecule has 0 saturated heterocycles. The van der Waals surface area contributed by atoms with Crippen LogP contribution >= 0.6 is 0 Å². The van der Waals surface area contributed by atoms with Crippen molar-refractivity contribution in [3.8, 4) is 0 Å². The van der Waals surface area contributed by atoms with E-state index in [0.717, 1.165) is 110 Å². The summed E-state index contributed by atoms with van der Waals surface area (Å²) in [6, 6.07) is 6.92. The fourth-order valence-corrected chi connectivity index (χ4v) is 8.96. The van der Waals surface area contributed by atoms with Crippen LogP contribution in [0.1, 0.15) is 334 Å². The van der Waals surface area contributed by atoms with E-state index in [1.54, 1.807) is 0 Å². The summed E-state index contributed by atoms with van der Waals surface area (Å²) >= 11 is 0. The summed E-state index contributed by atoms with van der Waals surface area (Å²) in [6.07, 6.45) is 27.7. The van der Waals surface area contributed by atoms with E-state index in [9.17, 15) is 4.79 Å². The number of rotatable bonds is 34. The fraction of sp³-hybridized carbons (Fsp3) is 0.905. The summed E-state index contributed by atoms with van der Waals surface area (Å²) in [5, 5.41) is 0. The first-order chi connectivity index (χ1) is 36.0. The van der Waals surface area contributed by atoms with Gasteiger partial charge < -0.3 is 16.2 Å². The molecule has 0 spiro atoms. The van der Waals surface area contributed by atoms with Crippen LogP contribution in [0, 0.1) is 82.9 Å². The van der Waals surface area contributed by atoms with Gasteiger partial charge in [0.15, 0.2) is 0 Å². The van der Waals surface area contributed by atoms with Crippen molar-refractivity contribution in [2.24, 2.45) is 88.6 Å². The third-order valence-corrected chi connectivity index (χ3v) is 13.3. The minimum atomic E-state index is 0.224. The third kappa shape index (κ3) is 83.4. The van der Waals surface area contributed by atoms with Crippen molar-refractivity contribution in [1.82, 2.24) is 0 Å². The molecule has 1 rings (SSSR count). The van der Waals surface area contributed by atoms with E-state index in [-0.39, 0.29) is 5.92 Å². The summed E-state index contributed by atoms with van der Waals surface area (Å²) in [5.74, 6) is 11.0. The van der Waals surface area contributed by atoms with E-state index in [2.05, 4.69) is 205 Å². The molecule has 0 heterocycles. The Bertz CT molecular complexity index is 1250. The van der Waals surface area contributed by atoms with Crippen molar-refractivity contribution in [2.45, 2.75) is 348 Å². The second-order valence-corrected chi connectivity index (χ2v) is 29.6. The van der Waals surface area contributed by atoms with Gasteiger partial charge in [0.25, 0.3) is 0 Å². The molecule has 0 bridgehead atoms. The molecular formula is C74H154N2O2. The molecule has 4 heteroatoms. The van der Waals surface area contributed by atoms with Crippen molar-refractivity contribution in [1.29, 1.82) is 0 Å². The molecule has 4 nitrogen and oxygen atoms in total. The van der Waals surface area contributed by atoms with Crippen molar-refractivity contribution in [3.05, 3.63) is 29.3 Å². The molecule has 0 amide bonds. The molecule has 4 N–H and O–H groups in total. The molecular weight excluding hydrogens is 949 g/mol. The molecule has 1 aromatic carbocycles. The second kappa shape index (κ2) is 58.8. The van der Waals surface area contributed by atoms with Crippen molar-refractivity contribution in [2.75, 3.05) is 12.3 Å². The lowest BCUT2D eigenvalue weighted by atomic mass is 9.96. The van der Waals surface area contributed by atoms with Gasteiger partial charge in [-0.3, -0.25) is 4.79 Å². The van der Waals surface area contributed by atoms with Crippen LogP contribution in [0.25, 0.3) is 0 Å². The number of nitrogen functional groups attached to an aromatic ring is 1. The highest BCUT2D eigenvalue weighted by Gasteiger charge is 2.14. The van der Waals surface area contributed by atoms with E-state index in [1.807, 2.05) is 13.8 Å². The second-order valence-electron chi connectivity index (χ2n) is 29.6. The molecule has 1 unspecified atom stereocenters. The van der Waals surface area contributed by atoms with Crippen LogP contribution in [0.3, 0.4) is 0 Å². The van der Waals surface area contributed by atoms with Crippen molar-refractivity contribution in [3.63, 3.8) is 0 Å². The van der Waals surface area contributed by atoms with Crippen LogP contribution in [-0.4, -0.2) is 24.5 Å². The zero-order valence-corrected chi connectivity index (χ0v) is 59.5. The maximum absolute atomic E-state index is 11.1. The Labute approximate surface area is 496 Å². The SMILES string of the molecule is CC(C)CC(N)CC(C)C.CC(C)CCCC(=O)C(C)C.CC(C)CCCC(C)C.CC(C)CCCCCC(C)C.CC(C)CCCCCC(C)C.CC(C)Cc1cc(N)cc(CC(C)C)c1.CCOC(CC(C)C)C(C)C.